The number of alkyl halides is 2. The molecule has 188 valence electrons. The van der Waals surface area contributed by atoms with Gasteiger partial charge in [-0.25, -0.2) is 4.99 Å². The number of halogens is 3. The van der Waals surface area contributed by atoms with Crippen molar-refractivity contribution in [1.82, 2.24) is 15.7 Å². The Balaban J connectivity index is 1.76. The fourth-order valence-electron chi connectivity index (χ4n) is 3.41. The Morgan fingerprint density at radius 1 is 1.34 bits per heavy atom. The van der Waals surface area contributed by atoms with Crippen LogP contribution in [0.1, 0.15) is 18.1 Å². The van der Waals surface area contributed by atoms with Crippen LogP contribution in [0, 0.1) is 5.41 Å². The number of hydroxylamine groups is 1. The molecule has 0 fully saturated rings. The van der Waals surface area contributed by atoms with Crippen LogP contribution in [0.4, 0.5) is 8.78 Å². The van der Waals surface area contributed by atoms with E-state index in [1.54, 1.807) is 31.2 Å². The molecule has 1 aliphatic heterocycles. The molecule has 2 atom stereocenters. The number of phenolic OH excluding ortho intramolecular Hbond substituents is 1. The molecule has 1 heterocycles. The third-order valence-corrected chi connectivity index (χ3v) is 5.35. The molecule has 1 amide bonds. The smallest absolute Gasteiger partial charge is 0.387 e. The Labute approximate surface area is 204 Å². The molecule has 1 aliphatic rings. The molecule has 3 rings (SSSR count). The molecule has 2 aromatic carbocycles. The van der Waals surface area contributed by atoms with Crippen molar-refractivity contribution in [2.45, 2.75) is 25.9 Å². The van der Waals surface area contributed by atoms with Crippen LogP contribution in [0.5, 0.6) is 11.5 Å². The summed E-state index contributed by atoms with van der Waals surface area (Å²) in [5.41, 5.74) is 3.55. The van der Waals surface area contributed by atoms with Gasteiger partial charge in [0.15, 0.2) is 17.8 Å². The van der Waals surface area contributed by atoms with Gasteiger partial charge in [0, 0.05) is 23.7 Å². The molecule has 35 heavy (non-hydrogen) atoms. The van der Waals surface area contributed by atoms with E-state index in [2.05, 4.69) is 20.5 Å². The quantitative estimate of drug-likeness (QED) is 0.291. The summed E-state index contributed by atoms with van der Waals surface area (Å²) in [7, 11) is 0. The third-order valence-electron chi connectivity index (χ3n) is 5.10. The summed E-state index contributed by atoms with van der Waals surface area (Å²) >= 11 is 5.94. The highest BCUT2D eigenvalue weighted by molar-refractivity contribution is 6.30. The number of carbonyl (C=O) groups excluding carboxylic acids is 1. The Bertz CT molecular complexity index is 1090. The van der Waals surface area contributed by atoms with E-state index < -0.39 is 43.0 Å². The van der Waals surface area contributed by atoms with Gasteiger partial charge < -0.3 is 30.1 Å². The highest BCUT2D eigenvalue weighted by atomic mass is 35.5. The van der Waals surface area contributed by atoms with Crippen LogP contribution in [-0.2, 0) is 9.63 Å². The zero-order valence-corrected chi connectivity index (χ0v) is 19.3. The van der Waals surface area contributed by atoms with Crippen molar-refractivity contribution in [3.8, 4) is 11.5 Å². The Morgan fingerprint density at radius 2 is 2.06 bits per heavy atom. The average Bonchev–Trinajstić information content (AvgIpc) is 3.31. The maximum absolute atomic E-state index is 12.5. The fourth-order valence-corrected chi connectivity index (χ4v) is 3.54. The van der Waals surface area contributed by atoms with Crippen LogP contribution in [0.3, 0.4) is 0 Å². The van der Waals surface area contributed by atoms with Gasteiger partial charge in [0.2, 0.25) is 11.8 Å². The largest absolute Gasteiger partial charge is 0.504 e. The molecule has 0 radical (unpaired) electrons. The summed E-state index contributed by atoms with van der Waals surface area (Å²) in [6, 6.07) is 9.55. The molecule has 5 N–H and O–H groups in total. The molecule has 10 nitrogen and oxygen atoms in total. The number of phenols is 1. The van der Waals surface area contributed by atoms with Crippen LogP contribution >= 0.6 is 11.6 Å². The zero-order valence-electron chi connectivity index (χ0n) is 18.5. The van der Waals surface area contributed by atoms with E-state index in [1.807, 2.05) is 0 Å². The third kappa shape index (κ3) is 6.63. The monoisotopic (exact) mass is 511 g/mol. The lowest BCUT2D eigenvalue weighted by atomic mass is 10.0. The summed E-state index contributed by atoms with van der Waals surface area (Å²) in [5, 5.41) is 31.3. The van der Waals surface area contributed by atoms with E-state index in [4.69, 9.17) is 21.8 Å². The van der Waals surface area contributed by atoms with Crippen molar-refractivity contribution in [2.75, 3.05) is 19.7 Å². The summed E-state index contributed by atoms with van der Waals surface area (Å²) in [6.07, 6.45) is -0.804. The fraction of sp³-hybridized carbons (Fsp3) is 0.318. The van der Waals surface area contributed by atoms with Gasteiger partial charge in [-0.2, -0.15) is 8.78 Å². The first kappa shape index (κ1) is 26.3. The molecule has 2 aromatic rings. The number of nitrogens with one attached hydrogen (secondary N) is 3. The van der Waals surface area contributed by atoms with Crippen molar-refractivity contribution in [1.29, 1.82) is 5.41 Å². The van der Waals surface area contributed by atoms with Gasteiger partial charge in [0.1, 0.15) is 6.61 Å². The first-order valence-electron chi connectivity index (χ1n) is 10.5. The lowest BCUT2D eigenvalue weighted by molar-refractivity contribution is -0.135. The van der Waals surface area contributed by atoms with Crippen LogP contribution in [0.2, 0.25) is 5.02 Å². The lowest BCUT2D eigenvalue weighted by Gasteiger charge is -2.31. The van der Waals surface area contributed by atoms with Crippen molar-refractivity contribution < 1.29 is 33.4 Å². The number of nitrogens with zero attached hydrogens (tertiary/aromatic N) is 2. The molecule has 0 aliphatic carbocycles. The molecular weight excluding hydrogens is 488 g/mol. The standard InChI is InChI=1S/C22H24ClF2N5O5/c1-2-30(18(33)11-31)15(19(26)12-3-6-14(23)7-4-12)10-27-22-28-20(35-29-22)13-5-8-16(32)17(9-13)34-21(24)25/h3-9,15,21-22,26-27,29,31-32H,2,10-11H2,1H3. The summed E-state index contributed by atoms with van der Waals surface area (Å²) in [5.74, 6) is -1.40. The molecule has 2 unspecified atom stereocenters. The van der Waals surface area contributed by atoms with E-state index in [-0.39, 0.29) is 30.3 Å². The van der Waals surface area contributed by atoms with Crippen molar-refractivity contribution >= 4 is 29.1 Å². The highest BCUT2D eigenvalue weighted by Crippen LogP contribution is 2.29. The van der Waals surface area contributed by atoms with E-state index in [0.717, 1.165) is 6.07 Å². The Hall–Kier alpha value is -3.32. The Kier molecular flexibility index (Phi) is 8.93. The van der Waals surface area contributed by atoms with Gasteiger partial charge in [0.05, 0.1) is 11.8 Å². The van der Waals surface area contributed by atoms with Gasteiger partial charge in [-0.3, -0.25) is 10.1 Å². The van der Waals surface area contributed by atoms with Crippen LogP contribution in [-0.4, -0.2) is 71.3 Å². The number of aliphatic hydroxyl groups excluding tert-OH is 1. The zero-order chi connectivity index (χ0) is 25.5. The topological polar surface area (TPSA) is 140 Å². The van der Waals surface area contributed by atoms with E-state index in [0.29, 0.717) is 10.6 Å². The number of aromatic hydroxyl groups is 1. The second-order valence-corrected chi connectivity index (χ2v) is 7.74. The van der Waals surface area contributed by atoms with Crippen LogP contribution in [0.15, 0.2) is 47.5 Å². The first-order valence-corrected chi connectivity index (χ1v) is 10.9. The van der Waals surface area contributed by atoms with Gasteiger partial charge >= 0.3 is 6.61 Å². The maximum atomic E-state index is 12.5. The van der Waals surface area contributed by atoms with Crippen molar-refractivity contribution in [3.63, 3.8) is 0 Å². The van der Waals surface area contributed by atoms with E-state index in [1.165, 1.54) is 17.0 Å². The first-order chi connectivity index (χ1) is 16.7. The summed E-state index contributed by atoms with van der Waals surface area (Å²) in [4.78, 5) is 23.3. The minimum absolute atomic E-state index is 0.0460. The predicted molar refractivity (Wildman–Crippen MR) is 124 cm³/mol. The summed E-state index contributed by atoms with van der Waals surface area (Å²) in [6.45, 7) is -1.80. The number of amides is 1. The number of aliphatic hydroxyl groups is 1. The predicted octanol–water partition coefficient (Wildman–Crippen LogP) is 2.08. The van der Waals surface area contributed by atoms with Crippen molar-refractivity contribution in [3.05, 3.63) is 58.6 Å². The number of hydrogen-bond acceptors (Lipinski definition) is 9. The molecule has 0 spiro atoms. The van der Waals surface area contributed by atoms with Gasteiger partial charge in [-0.05, 0) is 42.8 Å². The van der Waals surface area contributed by atoms with Gasteiger partial charge in [-0.1, -0.05) is 23.7 Å². The molecule has 0 saturated carbocycles. The molecule has 0 saturated heterocycles. The highest BCUT2D eigenvalue weighted by Gasteiger charge is 2.29. The maximum Gasteiger partial charge on any atom is 0.387 e. The SMILES string of the molecule is CCN(C(=O)CO)C(CNC1N=C(c2ccc(O)c(OC(F)F)c2)ON1)C(=N)c1ccc(Cl)cc1. The minimum atomic E-state index is -3.12. The minimum Gasteiger partial charge on any atom is -0.504 e. The van der Waals surface area contributed by atoms with Crippen LogP contribution in [0.25, 0.3) is 0 Å². The number of aliphatic imine (C=N–C) groups is 1. The van der Waals surface area contributed by atoms with Crippen molar-refractivity contribution in [2.24, 2.45) is 4.99 Å². The molecule has 0 aromatic heterocycles. The summed E-state index contributed by atoms with van der Waals surface area (Å²) < 4.78 is 29.4. The van der Waals surface area contributed by atoms with Gasteiger partial charge in [-0.15, -0.1) is 5.48 Å². The number of rotatable bonds is 11. The second-order valence-electron chi connectivity index (χ2n) is 7.30. The second kappa shape index (κ2) is 11.9. The molecule has 0 bridgehead atoms. The molecule has 13 heteroatoms. The normalized spacial score (nSPS) is 15.9. The van der Waals surface area contributed by atoms with Gasteiger partial charge in [0.25, 0.3) is 0 Å². The lowest BCUT2D eigenvalue weighted by Crippen LogP contribution is -2.53. The molecular formula is C22H24ClF2N5O5. The number of likely N-dealkylation sites (N-methyl/N-ethyl adjacent to an activating group) is 1. The number of carbonyl (C=O) groups is 1. The van der Waals surface area contributed by atoms with Crippen LogP contribution < -0.4 is 15.5 Å². The van der Waals surface area contributed by atoms with E-state index in [9.17, 15) is 23.8 Å². The Morgan fingerprint density at radius 3 is 2.69 bits per heavy atom. The van der Waals surface area contributed by atoms with E-state index >= 15 is 0 Å². The number of benzene rings is 2. The number of ether oxygens (including phenoxy) is 1. The average molecular weight is 512 g/mol. The number of hydrogen-bond donors (Lipinski definition) is 5.